The number of rotatable bonds is 3. The van der Waals surface area contributed by atoms with Crippen LogP contribution < -0.4 is 16.4 Å². The van der Waals surface area contributed by atoms with Gasteiger partial charge in [0.15, 0.2) is 0 Å². The van der Waals surface area contributed by atoms with Crippen LogP contribution in [-0.4, -0.2) is 12.1 Å². The van der Waals surface area contributed by atoms with Crippen molar-refractivity contribution in [3.8, 4) is 0 Å². The predicted molar refractivity (Wildman–Crippen MR) is 66.1 cm³/mol. The molecule has 1 rings (SSSR count). The van der Waals surface area contributed by atoms with Crippen LogP contribution in [0.25, 0.3) is 0 Å². The fraction of sp³-hybridized carbons (Fsp3) is 0.417. The van der Waals surface area contributed by atoms with Crippen LogP contribution in [0.4, 0.5) is 10.5 Å². The molecule has 4 heteroatoms. The molecule has 0 fully saturated rings. The van der Waals surface area contributed by atoms with E-state index < -0.39 is 0 Å². The van der Waals surface area contributed by atoms with Gasteiger partial charge in [0, 0.05) is 11.7 Å². The van der Waals surface area contributed by atoms with Crippen LogP contribution in [0, 0.1) is 0 Å². The second-order valence-electron chi connectivity index (χ2n) is 4.12. The zero-order valence-electron chi connectivity index (χ0n) is 9.95. The topological polar surface area (TPSA) is 67.2 Å². The molecule has 88 valence electrons. The summed E-state index contributed by atoms with van der Waals surface area (Å²) in [6.45, 7) is 5.74. The highest BCUT2D eigenvalue weighted by Crippen LogP contribution is 2.18. The van der Waals surface area contributed by atoms with Gasteiger partial charge in [-0.15, -0.1) is 0 Å². The third-order valence-electron chi connectivity index (χ3n) is 2.23. The maximum Gasteiger partial charge on any atom is 0.315 e. The van der Waals surface area contributed by atoms with Crippen molar-refractivity contribution in [3.05, 3.63) is 29.8 Å². The summed E-state index contributed by atoms with van der Waals surface area (Å²) in [6.07, 6.45) is 0. The molecule has 0 aromatic heterocycles. The summed E-state index contributed by atoms with van der Waals surface area (Å²) in [5.74, 6) is 0. The Bertz CT molecular complexity index is 363. The number of nitrogens with one attached hydrogen (secondary N) is 2. The minimum absolute atomic E-state index is 0.0973. The van der Waals surface area contributed by atoms with Gasteiger partial charge in [-0.3, -0.25) is 0 Å². The van der Waals surface area contributed by atoms with Crippen molar-refractivity contribution in [2.75, 3.05) is 5.73 Å². The van der Waals surface area contributed by atoms with E-state index in [2.05, 4.69) is 10.6 Å². The fourth-order valence-corrected chi connectivity index (χ4v) is 1.48. The molecule has 0 saturated heterocycles. The Balaban J connectivity index is 2.62. The van der Waals surface area contributed by atoms with E-state index in [1.165, 1.54) is 0 Å². The highest BCUT2D eigenvalue weighted by atomic mass is 16.2. The lowest BCUT2D eigenvalue weighted by Crippen LogP contribution is -2.40. The lowest BCUT2D eigenvalue weighted by Gasteiger charge is -2.17. The molecule has 0 spiro atoms. The van der Waals surface area contributed by atoms with Crippen LogP contribution >= 0.6 is 0 Å². The molecular formula is C12H19N3O. The summed E-state index contributed by atoms with van der Waals surface area (Å²) < 4.78 is 0. The number of carbonyl (C=O) groups excluding carboxylic acids is 1. The Morgan fingerprint density at radius 1 is 1.19 bits per heavy atom. The molecule has 0 heterocycles. The van der Waals surface area contributed by atoms with E-state index in [1.54, 1.807) is 0 Å². The third-order valence-corrected chi connectivity index (χ3v) is 2.23. The second kappa shape index (κ2) is 5.39. The van der Waals surface area contributed by atoms with Gasteiger partial charge in [0.1, 0.15) is 0 Å². The highest BCUT2D eigenvalue weighted by molar-refractivity contribution is 5.75. The first-order valence-corrected chi connectivity index (χ1v) is 5.42. The maximum absolute atomic E-state index is 11.5. The molecule has 1 atom stereocenters. The number of hydrogen-bond acceptors (Lipinski definition) is 2. The zero-order chi connectivity index (χ0) is 12.1. The molecule has 2 amide bonds. The average Bonchev–Trinajstić information content (AvgIpc) is 2.16. The van der Waals surface area contributed by atoms with E-state index in [1.807, 2.05) is 45.0 Å². The van der Waals surface area contributed by atoms with Crippen molar-refractivity contribution in [1.29, 1.82) is 0 Å². The number of urea groups is 1. The number of para-hydroxylation sites is 1. The summed E-state index contributed by atoms with van der Waals surface area (Å²) in [6, 6.07) is 7.37. The first-order valence-electron chi connectivity index (χ1n) is 5.42. The number of benzene rings is 1. The summed E-state index contributed by atoms with van der Waals surface area (Å²) in [4.78, 5) is 11.5. The molecule has 1 unspecified atom stereocenters. The number of nitrogens with two attached hydrogens (primary N) is 1. The Hall–Kier alpha value is -1.71. The van der Waals surface area contributed by atoms with Crippen LogP contribution in [-0.2, 0) is 0 Å². The molecule has 0 radical (unpaired) electrons. The van der Waals surface area contributed by atoms with Crippen molar-refractivity contribution >= 4 is 11.7 Å². The molecule has 1 aromatic carbocycles. The Kier molecular flexibility index (Phi) is 4.17. The predicted octanol–water partition coefficient (Wildman–Crippen LogP) is 2.04. The molecule has 0 aliphatic rings. The SMILES string of the molecule is CC(C)NC(=O)NC(C)c1ccccc1N. The molecule has 0 aliphatic heterocycles. The monoisotopic (exact) mass is 221 g/mol. The van der Waals surface area contributed by atoms with Gasteiger partial charge in [-0.1, -0.05) is 18.2 Å². The van der Waals surface area contributed by atoms with Gasteiger partial charge in [0.05, 0.1) is 6.04 Å². The number of anilines is 1. The summed E-state index contributed by atoms with van der Waals surface area (Å²) in [5, 5.41) is 5.61. The van der Waals surface area contributed by atoms with Crippen molar-refractivity contribution in [3.63, 3.8) is 0 Å². The maximum atomic E-state index is 11.5. The molecule has 0 aliphatic carbocycles. The lowest BCUT2D eigenvalue weighted by molar-refractivity contribution is 0.235. The number of hydrogen-bond donors (Lipinski definition) is 3. The van der Waals surface area contributed by atoms with Crippen LogP contribution in [0.15, 0.2) is 24.3 Å². The van der Waals surface area contributed by atoms with Crippen molar-refractivity contribution < 1.29 is 4.79 Å². The highest BCUT2D eigenvalue weighted by Gasteiger charge is 2.11. The summed E-state index contributed by atoms with van der Waals surface area (Å²) >= 11 is 0. The summed E-state index contributed by atoms with van der Waals surface area (Å²) in [7, 11) is 0. The molecule has 16 heavy (non-hydrogen) atoms. The van der Waals surface area contributed by atoms with Crippen LogP contribution in [0.1, 0.15) is 32.4 Å². The molecular weight excluding hydrogens is 202 g/mol. The molecule has 0 saturated carbocycles. The Labute approximate surface area is 96.2 Å². The Morgan fingerprint density at radius 3 is 2.38 bits per heavy atom. The van der Waals surface area contributed by atoms with E-state index in [-0.39, 0.29) is 18.1 Å². The molecule has 0 bridgehead atoms. The van der Waals surface area contributed by atoms with E-state index in [0.717, 1.165) is 5.56 Å². The molecule has 4 N–H and O–H groups in total. The minimum Gasteiger partial charge on any atom is -0.398 e. The standard InChI is InChI=1S/C12H19N3O/c1-8(2)14-12(16)15-9(3)10-6-4-5-7-11(10)13/h4-9H,13H2,1-3H3,(H2,14,15,16). The van der Waals surface area contributed by atoms with E-state index in [4.69, 9.17) is 5.73 Å². The smallest absolute Gasteiger partial charge is 0.315 e. The van der Waals surface area contributed by atoms with Crippen LogP contribution in [0.2, 0.25) is 0 Å². The van der Waals surface area contributed by atoms with Crippen LogP contribution in [0.3, 0.4) is 0 Å². The number of carbonyl (C=O) groups is 1. The first kappa shape index (κ1) is 12.4. The van der Waals surface area contributed by atoms with Crippen molar-refractivity contribution in [1.82, 2.24) is 10.6 Å². The van der Waals surface area contributed by atoms with E-state index in [9.17, 15) is 4.79 Å². The average molecular weight is 221 g/mol. The van der Waals surface area contributed by atoms with Gasteiger partial charge in [-0.2, -0.15) is 0 Å². The van der Waals surface area contributed by atoms with Crippen molar-refractivity contribution in [2.24, 2.45) is 0 Å². The van der Waals surface area contributed by atoms with Gasteiger partial charge < -0.3 is 16.4 Å². The van der Waals surface area contributed by atoms with Crippen molar-refractivity contribution in [2.45, 2.75) is 32.9 Å². The van der Waals surface area contributed by atoms with E-state index in [0.29, 0.717) is 5.69 Å². The lowest BCUT2D eigenvalue weighted by atomic mass is 10.1. The first-order chi connectivity index (χ1) is 7.50. The van der Waals surface area contributed by atoms with Gasteiger partial charge >= 0.3 is 6.03 Å². The quantitative estimate of drug-likeness (QED) is 0.684. The number of amides is 2. The Morgan fingerprint density at radius 2 is 1.81 bits per heavy atom. The molecule has 1 aromatic rings. The van der Waals surface area contributed by atoms with Gasteiger partial charge in [0.25, 0.3) is 0 Å². The molecule has 4 nitrogen and oxygen atoms in total. The van der Waals surface area contributed by atoms with Crippen LogP contribution in [0.5, 0.6) is 0 Å². The number of nitrogen functional groups attached to an aromatic ring is 1. The largest absolute Gasteiger partial charge is 0.398 e. The summed E-state index contributed by atoms with van der Waals surface area (Å²) in [5.41, 5.74) is 7.45. The fourth-order valence-electron chi connectivity index (χ4n) is 1.48. The third kappa shape index (κ3) is 3.46. The van der Waals surface area contributed by atoms with Gasteiger partial charge in [0.2, 0.25) is 0 Å². The van der Waals surface area contributed by atoms with Gasteiger partial charge in [-0.05, 0) is 32.4 Å². The normalized spacial score (nSPS) is 12.2. The van der Waals surface area contributed by atoms with Gasteiger partial charge in [-0.25, -0.2) is 4.79 Å². The zero-order valence-corrected chi connectivity index (χ0v) is 9.95. The van der Waals surface area contributed by atoms with E-state index >= 15 is 0 Å². The second-order valence-corrected chi connectivity index (χ2v) is 4.12. The minimum atomic E-state index is -0.175.